The first-order valence-electron chi connectivity index (χ1n) is 3.10. The molecule has 0 saturated heterocycles. The van der Waals surface area contributed by atoms with E-state index in [9.17, 15) is 4.79 Å². The zero-order valence-corrected chi connectivity index (χ0v) is 6.99. The maximum absolute atomic E-state index is 10.1. The molecule has 0 spiro atoms. The molecule has 0 aromatic carbocycles. The predicted octanol–water partition coefficient (Wildman–Crippen LogP) is 1.60. The molecule has 12 heavy (non-hydrogen) atoms. The largest absolute Gasteiger partial charge is 0.478 e. The molecule has 0 aliphatic carbocycles. The van der Waals surface area contributed by atoms with Crippen LogP contribution in [0, 0.1) is 0 Å². The highest BCUT2D eigenvalue weighted by Gasteiger charge is 1.86. The fraction of sp³-hybridized carbons (Fsp3) is 0. The lowest BCUT2D eigenvalue weighted by molar-refractivity contribution is -0.131. The molecule has 4 heteroatoms. The Morgan fingerprint density at radius 2 is 2.33 bits per heavy atom. The van der Waals surface area contributed by atoms with Crippen LogP contribution in [0.4, 0.5) is 0 Å². The molecule has 0 bridgehead atoms. The molecule has 1 N–H and O–H groups in total. The first kappa shape index (κ1) is 10.7. The van der Waals surface area contributed by atoms with Crippen molar-refractivity contribution in [2.45, 2.75) is 0 Å². The molecule has 64 valence electrons. The number of aliphatic carboxylic acids is 1. The van der Waals surface area contributed by atoms with Crippen molar-refractivity contribution in [3.8, 4) is 0 Å². The molecule has 0 saturated carbocycles. The van der Waals surface area contributed by atoms with Gasteiger partial charge in [-0.15, -0.1) is 12.4 Å². The molecule has 3 nitrogen and oxygen atoms in total. The number of hydrogen-bond acceptors (Lipinski definition) is 2. The lowest BCUT2D eigenvalue weighted by Crippen LogP contribution is -1.85. The topological polar surface area (TPSA) is 50.2 Å². The molecule has 0 aliphatic rings. The number of carboxylic acid groups (broad SMARTS) is 1. The maximum atomic E-state index is 10.1. The third-order valence-corrected chi connectivity index (χ3v) is 1.10. The Kier molecular flexibility index (Phi) is 4.72. The van der Waals surface area contributed by atoms with Crippen LogP contribution in [0.1, 0.15) is 5.56 Å². The number of halogens is 1. The van der Waals surface area contributed by atoms with E-state index >= 15 is 0 Å². The van der Waals surface area contributed by atoms with Crippen molar-refractivity contribution < 1.29 is 9.90 Å². The fourth-order valence-electron chi connectivity index (χ4n) is 0.642. The van der Waals surface area contributed by atoms with E-state index < -0.39 is 5.97 Å². The zero-order valence-electron chi connectivity index (χ0n) is 6.18. The molecule has 0 fully saturated rings. The van der Waals surface area contributed by atoms with Gasteiger partial charge in [0.1, 0.15) is 0 Å². The highest BCUT2D eigenvalue weighted by molar-refractivity contribution is 5.85. The molecule has 0 aliphatic heterocycles. The number of nitrogens with zero attached hydrogens (tertiary/aromatic N) is 1. The Morgan fingerprint density at radius 3 is 2.83 bits per heavy atom. The van der Waals surface area contributed by atoms with Gasteiger partial charge in [-0.05, 0) is 17.7 Å². The van der Waals surface area contributed by atoms with Crippen LogP contribution >= 0.6 is 12.4 Å². The van der Waals surface area contributed by atoms with Crippen molar-refractivity contribution >= 4 is 24.5 Å². The average Bonchev–Trinajstić information content (AvgIpc) is 2.03. The van der Waals surface area contributed by atoms with Crippen molar-refractivity contribution in [3.63, 3.8) is 0 Å². The molecular weight excluding hydrogens is 178 g/mol. The summed E-state index contributed by atoms with van der Waals surface area (Å²) < 4.78 is 0. The van der Waals surface area contributed by atoms with Crippen molar-refractivity contribution in [2.75, 3.05) is 0 Å². The second-order valence-corrected chi connectivity index (χ2v) is 1.96. The zero-order chi connectivity index (χ0) is 8.10. The van der Waals surface area contributed by atoms with Gasteiger partial charge >= 0.3 is 5.97 Å². The lowest BCUT2D eigenvalue weighted by Gasteiger charge is -1.87. The molecular formula is C8H8ClNO2. The Morgan fingerprint density at radius 1 is 1.58 bits per heavy atom. The Bertz CT molecular complexity index is 272. The summed E-state index contributed by atoms with van der Waals surface area (Å²) in [4.78, 5) is 13.9. The first-order chi connectivity index (χ1) is 5.29. The number of hydrogen-bond donors (Lipinski definition) is 1. The summed E-state index contributed by atoms with van der Waals surface area (Å²) in [5.41, 5.74) is 0.787. The van der Waals surface area contributed by atoms with Crippen LogP contribution in [0.2, 0.25) is 0 Å². The summed E-state index contributed by atoms with van der Waals surface area (Å²) in [6, 6.07) is 3.54. The summed E-state index contributed by atoms with van der Waals surface area (Å²) in [7, 11) is 0. The maximum Gasteiger partial charge on any atom is 0.328 e. The number of pyridine rings is 1. The summed E-state index contributed by atoms with van der Waals surface area (Å²) in [5, 5.41) is 8.27. The minimum absolute atomic E-state index is 0. The smallest absolute Gasteiger partial charge is 0.328 e. The Balaban J connectivity index is 0.00000121. The van der Waals surface area contributed by atoms with Crippen molar-refractivity contribution in [1.29, 1.82) is 0 Å². The van der Waals surface area contributed by atoms with Gasteiger partial charge in [-0.25, -0.2) is 4.79 Å². The minimum atomic E-state index is -0.950. The third-order valence-electron chi connectivity index (χ3n) is 1.10. The molecule has 1 aromatic rings. The van der Waals surface area contributed by atoms with E-state index in [4.69, 9.17) is 5.11 Å². The van der Waals surface area contributed by atoms with Gasteiger partial charge < -0.3 is 5.11 Å². The second kappa shape index (κ2) is 5.32. The Hall–Kier alpha value is -1.35. The van der Waals surface area contributed by atoms with Gasteiger partial charge in [0.15, 0.2) is 0 Å². The normalized spacial score (nSPS) is 9.33. The summed E-state index contributed by atoms with van der Waals surface area (Å²) in [6.45, 7) is 0. The quantitative estimate of drug-likeness (QED) is 0.713. The van der Waals surface area contributed by atoms with Gasteiger partial charge in [-0.1, -0.05) is 6.07 Å². The summed E-state index contributed by atoms with van der Waals surface area (Å²) in [5.74, 6) is -0.950. The van der Waals surface area contributed by atoms with Crippen molar-refractivity contribution in [2.24, 2.45) is 0 Å². The average molecular weight is 186 g/mol. The van der Waals surface area contributed by atoms with Crippen LogP contribution in [0.15, 0.2) is 30.6 Å². The lowest BCUT2D eigenvalue weighted by atomic mass is 10.3. The predicted molar refractivity (Wildman–Crippen MR) is 48.2 cm³/mol. The van der Waals surface area contributed by atoms with Gasteiger partial charge in [-0.3, -0.25) is 4.98 Å². The molecule has 1 heterocycles. The number of carbonyl (C=O) groups is 1. The first-order valence-corrected chi connectivity index (χ1v) is 3.10. The van der Waals surface area contributed by atoms with E-state index in [-0.39, 0.29) is 12.4 Å². The Labute approximate surface area is 76.2 Å². The summed E-state index contributed by atoms with van der Waals surface area (Å²) in [6.07, 6.45) is 5.81. The number of rotatable bonds is 2. The third kappa shape index (κ3) is 3.73. The highest BCUT2D eigenvalue weighted by atomic mass is 35.5. The summed E-state index contributed by atoms with van der Waals surface area (Å²) >= 11 is 0. The number of aromatic nitrogens is 1. The molecule has 0 unspecified atom stereocenters. The fourth-order valence-corrected chi connectivity index (χ4v) is 0.642. The van der Waals surface area contributed by atoms with Crippen LogP contribution < -0.4 is 0 Å². The number of carboxylic acids is 1. The van der Waals surface area contributed by atoms with Gasteiger partial charge in [0.05, 0.1) is 0 Å². The van der Waals surface area contributed by atoms with Crippen LogP contribution in [0.25, 0.3) is 6.08 Å². The van der Waals surface area contributed by atoms with Crippen molar-refractivity contribution in [3.05, 3.63) is 36.2 Å². The van der Waals surface area contributed by atoms with Gasteiger partial charge in [0, 0.05) is 18.5 Å². The van der Waals surface area contributed by atoms with Crippen LogP contribution in [-0.2, 0) is 4.79 Å². The second-order valence-electron chi connectivity index (χ2n) is 1.96. The highest BCUT2D eigenvalue weighted by Crippen LogP contribution is 1.97. The van der Waals surface area contributed by atoms with Crippen LogP contribution in [0.3, 0.4) is 0 Å². The standard InChI is InChI=1S/C8H7NO2.ClH/c10-8(11)4-3-7-2-1-5-9-6-7;/h1-6H,(H,10,11);1H. The van der Waals surface area contributed by atoms with Gasteiger partial charge in [-0.2, -0.15) is 0 Å². The van der Waals surface area contributed by atoms with E-state index in [1.165, 1.54) is 6.08 Å². The monoisotopic (exact) mass is 185 g/mol. The van der Waals surface area contributed by atoms with E-state index in [2.05, 4.69) is 4.98 Å². The molecule has 0 atom stereocenters. The SMILES string of the molecule is Cl.O=C(O)C=Cc1cccnc1. The molecule has 1 rings (SSSR count). The van der Waals surface area contributed by atoms with Gasteiger partial charge in [0.2, 0.25) is 0 Å². The minimum Gasteiger partial charge on any atom is -0.478 e. The molecule has 1 aromatic heterocycles. The van der Waals surface area contributed by atoms with Crippen molar-refractivity contribution in [1.82, 2.24) is 4.98 Å². The van der Waals surface area contributed by atoms with E-state index in [0.717, 1.165) is 11.6 Å². The molecule has 0 radical (unpaired) electrons. The van der Waals surface area contributed by atoms with E-state index in [1.54, 1.807) is 24.5 Å². The molecule has 0 amide bonds. The van der Waals surface area contributed by atoms with Gasteiger partial charge in [0.25, 0.3) is 0 Å². The van der Waals surface area contributed by atoms with E-state index in [0.29, 0.717) is 0 Å². The van der Waals surface area contributed by atoms with Crippen LogP contribution in [0.5, 0.6) is 0 Å². The van der Waals surface area contributed by atoms with E-state index in [1.807, 2.05) is 0 Å². The van der Waals surface area contributed by atoms with Crippen LogP contribution in [-0.4, -0.2) is 16.1 Å².